The van der Waals surface area contributed by atoms with Crippen molar-refractivity contribution in [2.45, 2.75) is 64.3 Å². The van der Waals surface area contributed by atoms with Gasteiger partial charge in [0.2, 0.25) is 10.0 Å². The first-order chi connectivity index (χ1) is 16.1. The highest BCUT2D eigenvalue weighted by molar-refractivity contribution is 7.92. The van der Waals surface area contributed by atoms with Crippen molar-refractivity contribution in [3.8, 4) is 0 Å². The number of hydrogen-bond acceptors (Lipinski definition) is 5. The van der Waals surface area contributed by atoms with Crippen LogP contribution in [0.4, 0.5) is 0 Å². The van der Waals surface area contributed by atoms with Gasteiger partial charge in [-0.1, -0.05) is 38.0 Å². The molecule has 2 fully saturated rings. The minimum absolute atomic E-state index is 0.0731. The molecule has 0 atom stereocenters. The van der Waals surface area contributed by atoms with Gasteiger partial charge in [0, 0.05) is 24.4 Å². The second kappa shape index (κ2) is 9.62. The van der Waals surface area contributed by atoms with Crippen LogP contribution < -0.4 is 5.32 Å². The molecule has 1 aromatic rings. The largest absolute Gasteiger partial charge is 0.481 e. The van der Waals surface area contributed by atoms with E-state index in [1.54, 1.807) is 24.3 Å². The van der Waals surface area contributed by atoms with Crippen LogP contribution in [-0.2, 0) is 26.0 Å². The van der Waals surface area contributed by atoms with Crippen LogP contribution in [0.25, 0.3) is 6.08 Å². The van der Waals surface area contributed by atoms with Gasteiger partial charge in [-0.25, -0.2) is 8.42 Å². The zero-order valence-corrected chi connectivity index (χ0v) is 20.6. The smallest absolute Gasteiger partial charge is 0.307 e. The number of carboxylic acid groups (broad SMARTS) is 1. The number of amidine groups is 1. The van der Waals surface area contributed by atoms with Crippen molar-refractivity contribution < 1.29 is 23.1 Å². The molecule has 1 saturated carbocycles. The number of amides is 1. The fourth-order valence-corrected chi connectivity index (χ4v) is 6.36. The Morgan fingerprint density at radius 1 is 1.24 bits per heavy atom. The van der Waals surface area contributed by atoms with E-state index in [1.165, 1.54) is 9.71 Å². The number of piperidine rings is 1. The lowest BCUT2D eigenvalue weighted by molar-refractivity contribution is -0.136. The maximum absolute atomic E-state index is 12.9. The molecule has 2 aliphatic heterocycles. The molecule has 1 amide bonds. The summed E-state index contributed by atoms with van der Waals surface area (Å²) in [5, 5.41) is 13.1. The predicted molar refractivity (Wildman–Crippen MR) is 131 cm³/mol. The van der Waals surface area contributed by atoms with E-state index < -0.39 is 21.5 Å². The normalized spacial score (nSPS) is 25.5. The summed E-state index contributed by atoms with van der Waals surface area (Å²) in [4.78, 5) is 28.5. The summed E-state index contributed by atoms with van der Waals surface area (Å²) in [5.41, 5.74) is 1.36. The third-order valence-corrected chi connectivity index (χ3v) is 8.98. The molecular formula is C25H33N3O5S. The lowest BCUT2D eigenvalue weighted by Gasteiger charge is -2.34. The number of rotatable bonds is 6. The lowest BCUT2D eigenvalue weighted by Crippen LogP contribution is -2.50. The van der Waals surface area contributed by atoms with Gasteiger partial charge in [0.1, 0.15) is 11.4 Å². The maximum Gasteiger partial charge on any atom is 0.307 e. The van der Waals surface area contributed by atoms with Crippen molar-refractivity contribution in [1.82, 2.24) is 9.62 Å². The van der Waals surface area contributed by atoms with Crippen molar-refractivity contribution in [3.05, 3.63) is 40.3 Å². The fraction of sp³-hybridized carbons (Fsp3) is 0.560. The molecule has 0 bridgehead atoms. The molecule has 8 nitrogen and oxygen atoms in total. The van der Waals surface area contributed by atoms with Crippen LogP contribution in [0.5, 0.6) is 0 Å². The quantitative estimate of drug-likeness (QED) is 0.640. The van der Waals surface area contributed by atoms with Gasteiger partial charge in [-0.15, -0.1) is 0 Å². The average Bonchev–Trinajstić information content (AvgIpc) is 3.09. The molecule has 184 valence electrons. The molecule has 1 saturated heterocycles. The van der Waals surface area contributed by atoms with Gasteiger partial charge >= 0.3 is 5.97 Å². The van der Waals surface area contributed by atoms with Crippen LogP contribution >= 0.6 is 0 Å². The molecular weight excluding hydrogens is 454 g/mol. The number of aliphatic carboxylic acids is 1. The average molecular weight is 488 g/mol. The molecule has 2 N–H and O–H groups in total. The van der Waals surface area contributed by atoms with Crippen LogP contribution in [0.3, 0.4) is 0 Å². The molecule has 1 spiro atoms. The molecule has 9 heteroatoms. The Hall–Kier alpha value is -2.52. The number of carbonyl (C=O) groups excluding carboxylic acids is 1. The number of carbonyl (C=O) groups is 2. The van der Waals surface area contributed by atoms with E-state index in [0.29, 0.717) is 24.3 Å². The summed E-state index contributed by atoms with van der Waals surface area (Å²) in [6.07, 6.45) is 6.59. The fourth-order valence-electron chi connectivity index (χ4n) is 5.17. The highest BCUT2D eigenvalue weighted by Gasteiger charge is 2.48. The Labute approximate surface area is 201 Å². The van der Waals surface area contributed by atoms with Crippen molar-refractivity contribution in [3.63, 3.8) is 0 Å². The van der Waals surface area contributed by atoms with Crippen molar-refractivity contribution in [2.24, 2.45) is 16.8 Å². The number of nitrogens with zero attached hydrogens (tertiary/aromatic N) is 2. The summed E-state index contributed by atoms with van der Waals surface area (Å²) in [6.45, 7) is 4.57. The SMILES string of the molecule is Cc1cc(CC(=O)O)ccc1C=CS(=O)(=O)N1CCC2(CC1)N=C(C1CCC(C)CC1)NC2=O. The summed E-state index contributed by atoms with van der Waals surface area (Å²) in [5.74, 6) is 0.819. The number of hydrogen-bond donors (Lipinski definition) is 2. The van der Waals surface area contributed by atoms with Crippen LogP contribution in [0.1, 0.15) is 62.1 Å². The summed E-state index contributed by atoms with van der Waals surface area (Å²) >= 11 is 0. The first-order valence-electron chi connectivity index (χ1n) is 12.0. The third kappa shape index (κ3) is 5.25. The van der Waals surface area contributed by atoms with E-state index in [1.807, 2.05) is 6.92 Å². The van der Waals surface area contributed by atoms with Gasteiger partial charge < -0.3 is 10.4 Å². The molecule has 0 unspecified atom stereocenters. The number of aryl methyl sites for hydroxylation is 1. The van der Waals surface area contributed by atoms with Gasteiger partial charge in [0.05, 0.1) is 6.42 Å². The minimum atomic E-state index is -3.65. The molecule has 34 heavy (non-hydrogen) atoms. The van der Waals surface area contributed by atoms with E-state index in [9.17, 15) is 18.0 Å². The molecule has 4 rings (SSSR count). The number of sulfonamides is 1. The topological polar surface area (TPSA) is 116 Å². The Balaban J connectivity index is 1.40. The minimum Gasteiger partial charge on any atom is -0.481 e. The van der Waals surface area contributed by atoms with E-state index in [4.69, 9.17) is 10.1 Å². The van der Waals surface area contributed by atoms with Crippen LogP contribution in [-0.4, -0.2) is 54.2 Å². The summed E-state index contributed by atoms with van der Waals surface area (Å²) < 4.78 is 27.3. The molecule has 0 radical (unpaired) electrons. The van der Waals surface area contributed by atoms with Crippen LogP contribution in [0.15, 0.2) is 28.6 Å². The Bertz CT molecular complexity index is 1130. The first-order valence-corrected chi connectivity index (χ1v) is 13.5. The molecule has 1 aromatic carbocycles. The van der Waals surface area contributed by atoms with Crippen molar-refractivity contribution >= 4 is 33.8 Å². The second-order valence-electron chi connectivity index (χ2n) is 9.95. The second-order valence-corrected chi connectivity index (χ2v) is 11.8. The monoisotopic (exact) mass is 487 g/mol. The Kier molecular flexibility index (Phi) is 6.96. The number of carboxylic acids is 1. The van der Waals surface area contributed by atoms with Gasteiger partial charge in [-0.05, 0) is 61.3 Å². The number of nitrogens with one attached hydrogen (secondary N) is 1. The highest BCUT2D eigenvalue weighted by Crippen LogP contribution is 2.36. The maximum atomic E-state index is 12.9. The molecule has 1 aliphatic carbocycles. The highest BCUT2D eigenvalue weighted by atomic mass is 32.2. The molecule has 2 heterocycles. The zero-order chi connectivity index (χ0) is 24.5. The zero-order valence-electron chi connectivity index (χ0n) is 19.8. The van der Waals surface area contributed by atoms with Crippen LogP contribution in [0.2, 0.25) is 0 Å². The first kappa shape index (κ1) is 24.6. The number of benzene rings is 1. The van der Waals surface area contributed by atoms with Gasteiger partial charge in [-0.3, -0.25) is 14.6 Å². The third-order valence-electron chi connectivity index (χ3n) is 7.42. The van der Waals surface area contributed by atoms with E-state index in [-0.39, 0.29) is 25.4 Å². The summed E-state index contributed by atoms with van der Waals surface area (Å²) in [7, 11) is -3.65. The van der Waals surface area contributed by atoms with Gasteiger partial charge in [0.15, 0.2) is 0 Å². The Morgan fingerprint density at radius 2 is 1.91 bits per heavy atom. The van der Waals surface area contributed by atoms with Crippen molar-refractivity contribution in [2.75, 3.05) is 13.1 Å². The predicted octanol–water partition coefficient (Wildman–Crippen LogP) is 3.11. The van der Waals surface area contributed by atoms with Gasteiger partial charge in [0.25, 0.3) is 5.91 Å². The van der Waals surface area contributed by atoms with E-state index in [0.717, 1.165) is 48.6 Å². The van der Waals surface area contributed by atoms with Crippen molar-refractivity contribution in [1.29, 1.82) is 0 Å². The number of aliphatic imine (C=N–C) groups is 1. The van der Waals surface area contributed by atoms with Gasteiger partial charge in [-0.2, -0.15) is 4.31 Å². The van der Waals surface area contributed by atoms with E-state index in [2.05, 4.69) is 12.2 Å². The van der Waals surface area contributed by atoms with E-state index >= 15 is 0 Å². The molecule has 3 aliphatic rings. The Morgan fingerprint density at radius 3 is 2.53 bits per heavy atom. The molecule has 0 aromatic heterocycles. The van der Waals surface area contributed by atoms with Crippen LogP contribution in [0, 0.1) is 18.8 Å². The lowest BCUT2D eigenvalue weighted by atomic mass is 9.82. The summed E-state index contributed by atoms with van der Waals surface area (Å²) in [6, 6.07) is 5.18. The standard InChI is InChI=1S/C25H33N3O5S/c1-17-3-6-21(7-4-17)23-26-24(31)25(27-23)10-12-28(13-11-25)34(32,33)14-9-20-8-5-19(15-18(20)2)16-22(29)30/h5,8-9,14-15,17,21H,3-4,6-7,10-13,16H2,1-2H3,(H,29,30)(H,26,27,31).